The van der Waals surface area contributed by atoms with E-state index in [0.29, 0.717) is 42.9 Å². The van der Waals surface area contributed by atoms with Gasteiger partial charge in [-0.3, -0.25) is 9.80 Å². The molecule has 2 aliphatic rings. The summed E-state index contributed by atoms with van der Waals surface area (Å²) in [6, 6.07) is 27.9. The SMILES string of the molecule is O=C(Oc1cc2c(c(OC(=O)C(F)(F)F)c1OC(=O)C(F)(F)F)c(-c1ccc(-c3ccccc3)c(CN3CCN(c4cccc5[nH]ccc45)CC3)c1)c(CN1CCN(c3cccc4[nH]ccc34)CC1)n2OC(=O)C(F)(F)F)C(F)(F)F. The number of anilines is 2. The maximum Gasteiger partial charge on any atom is 0.493 e. The lowest BCUT2D eigenvalue weighted by Crippen LogP contribution is -2.46. The summed E-state index contributed by atoms with van der Waals surface area (Å²) >= 11 is 0. The van der Waals surface area contributed by atoms with Crippen molar-refractivity contribution in [1.82, 2.24) is 24.5 Å². The molecule has 2 aliphatic heterocycles. The normalized spacial score (nSPS) is 15.2. The Hall–Kier alpha value is -8.72. The number of nitrogens with zero attached hydrogens (tertiary/aromatic N) is 5. The molecule has 424 valence electrons. The molecule has 8 aromatic rings. The molecular formula is C54H41F12N7O8. The van der Waals surface area contributed by atoms with Crippen molar-refractivity contribution in [3.63, 3.8) is 0 Å². The minimum Gasteiger partial charge on any atom is -0.416 e. The Labute approximate surface area is 448 Å². The Morgan fingerprint density at radius 3 is 1.49 bits per heavy atom. The lowest BCUT2D eigenvalue weighted by Gasteiger charge is -2.37. The van der Waals surface area contributed by atoms with Crippen LogP contribution in [0.15, 0.2) is 116 Å². The molecule has 15 nitrogen and oxygen atoms in total. The smallest absolute Gasteiger partial charge is 0.416 e. The standard InChI is InChI=1S/C54H41F12N7O8/c55-51(56,57)47(74)78-42-27-40-44(46(80-49(76)53(61,62)63)45(42)79-48(75)52(58,59)60)43(41(73(40)81-50(77)54(64,65)66)29-70-20-24-72(25-21-70)39-11-5-9-37-35(39)15-17-68-37)31-12-13-33(30-6-2-1-3-7-30)32(26-31)28-69-18-22-71(23-19-69)38-10-4-8-36-34(38)14-16-67-36/h1-17,26-27,67-68H,18-25,28-29H2. The van der Waals surface area contributed by atoms with Crippen LogP contribution in [0.2, 0.25) is 0 Å². The van der Waals surface area contributed by atoms with E-state index < -0.39 is 94.5 Å². The molecule has 0 radical (unpaired) electrons. The van der Waals surface area contributed by atoms with Gasteiger partial charge in [-0.1, -0.05) is 54.6 Å². The fourth-order valence-corrected chi connectivity index (χ4v) is 10.0. The third kappa shape index (κ3) is 11.5. The highest BCUT2D eigenvalue weighted by molar-refractivity contribution is 6.07. The second-order valence-corrected chi connectivity index (χ2v) is 18.8. The Morgan fingerprint density at radius 1 is 0.481 bits per heavy atom. The number of H-pyrrole nitrogens is 2. The summed E-state index contributed by atoms with van der Waals surface area (Å²) in [6.07, 6.45) is -20.7. The van der Waals surface area contributed by atoms with Crippen LogP contribution < -0.4 is 28.8 Å². The molecule has 2 saturated heterocycles. The number of hydrogen-bond donors (Lipinski definition) is 2. The van der Waals surface area contributed by atoms with Crippen molar-refractivity contribution in [2.24, 2.45) is 0 Å². The minimum absolute atomic E-state index is 0.0215. The van der Waals surface area contributed by atoms with E-state index in [0.717, 1.165) is 33.2 Å². The molecule has 0 aliphatic carbocycles. The molecule has 0 amide bonds. The summed E-state index contributed by atoms with van der Waals surface area (Å²) in [5.74, 6) is -19.3. The van der Waals surface area contributed by atoms with Gasteiger partial charge in [0, 0.05) is 123 Å². The molecule has 2 fully saturated rings. The quantitative estimate of drug-likeness (QED) is 0.0680. The molecule has 0 unspecified atom stereocenters. The molecule has 81 heavy (non-hydrogen) atoms. The van der Waals surface area contributed by atoms with Gasteiger partial charge < -0.3 is 38.8 Å². The van der Waals surface area contributed by atoms with E-state index in [2.05, 4.69) is 29.1 Å². The molecule has 2 N–H and O–H groups in total. The highest BCUT2D eigenvalue weighted by atomic mass is 19.4. The maximum absolute atomic E-state index is 14.4. The minimum atomic E-state index is -6.12. The number of piperazine rings is 2. The zero-order chi connectivity index (χ0) is 57.8. The Bertz CT molecular complexity index is 3700. The first kappa shape index (κ1) is 55.6. The van der Waals surface area contributed by atoms with Gasteiger partial charge in [0.25, 0.3) is 0 Å². The van der Waals surface area contributed by atoms with Crippen molar-refractivity contribution in [1.29, 1.82) is 0 Å². The number of aromatic nitrogens is 3. The highest BCUT2D eigenvalue weighted by Crippen LogP contribution is 2.52. The number of carbonyl (C=O) groups is 4. The topological polar surface area (TPSA) is 155 Å². The number of hydrogen-bond acceptors (Lipinski definition) is 12. The maximum atomic E-state index is 14.4. The van der Waals surface area contributed by atoms with E-state index in [4.69, 9.17) is 4.84 Å². The third-order valence-corrected chi connectivity index (χ3v) is 13.7. The number of nitrogens with one attached hydrogen (secondary N) is 2. The Kier molecular flexibility index (Phi) is 14.7. The lowest BCUT2D eigenvalue weighted by atomic mass is 9.92. The Morgan fingerprint density at radius 2 is 0.975 bits per heavy atom. The lowest BCUT2D eigenvalue weighted by molar-refractivity contribution is -0.199. The van der Waals surface area contributed by atoms with Crippen molar-refractivity contribution in [2.75, 3.05) is 62.2 Å². The molecular weight excluding hydrogens is 1100 g/mol. The molecule has 0 atom stereocenters. The second-order valence-electron chi connectivity index (χ2n) is 18.8. The number of esters is 3. The van der Waals surface area contributed by atoms with Crippen molar-refractivity contribution in [3.8, 4) is 39.5 Å². The van der Waals surface area contributed by atoms with Gasteiger partial charge in [0.2, 0.25) is 5.75 Å². The van der Waals surface area contributed by atoms with Crippen molar-refractivity contribution in [3.05, 3.63) is 127 Å². The van der Waals surface area contributed by atoms with E-state index in [1.165, 1.54) is 18.2 Å². The summed E-state index contributed by atoms with van der Waals surface area (Å²) in [4.78, 5) is 70.0. The van der Waals surface area contributed by atoms with Crippen LogP contribution in [0, 0.1) is 0 Å². The predicted molar refractivity (Wildman–Crippen MR) is 267 cm³/mol. The van der Waals surface area contributed by atoms with E-state index in [1.54, 1.807) is 53.7 Å². The molecule has 0 saturated carbocycles. The van der Waals surface area contributed by atoms with Crippen LogP contribution in [-0.2, 0) is 32.3 Å². The summed E-state index contributed by atoms with van der Waals surface area (Å²) in [5, 5.41) is 0.612. The zero-order valence-electron chi connectivity index (χ0n) is 41.6. The van der Waals surface area contributed by atoms with Gasteiger partial charge in [0.05, 0.1) is 16.6 Å². The molecule has 27 heteroatoms. The van der Waals surface area contributed by atoms with Crippen LogP contribution >= 0.6 is 0 Å². The summed E-state index contributed by atoms with van der Waals surface area (Å²) in [5.41, 5.74) is 2.18. The van der Waals surface area contributed by atoms with Crippen molar-refractivity contribution in [2.45, 2.75) is 37.8 Å². The molecule has 5 heterocycles. The molecule has 10 rings (SSSR count). The molecule has 0 bridgehead atoms. The predicted octanol–water partition coefficient (Wildman–Crippen LogP) is 10.5. The second kappa shape index (κ2) is 21.4. The summed E-state index contributed by atoms with van der Waals surface area (Å²) in [6.45, 7) is 1.67. The average molecular weight is 1140 g/mol. The van der Waals surface area contributed by atoms with Crippen LogP contribution in [0.1, 0.15) is 11.3 Å². The van der Waals surface area contributed by atoms with Crippen molar-refractivity contribution >= 4 is 68.0 Å². The van der Waals surface area contributed by atoms with Crippen LogP contribution in [0.25, 0.3) is 55.0 Å². The number of alkyl halides is 12. The van der Waals surface area contributed by atoms with E-state index in [9.17, 15) is 71.9 Å². The summed E-state index contributed by atoms with van der Waals surface area (Å²) < 4.78 is 184. The van der Waals surface area contributed by atoms with E-state index in [-0.39, 0.29) is 49.1 Å². The highest BCUT2D eigenvalue weighted by Gasteiger charge is 2.49. The fourth-order valence-electron chi connectivity index (χ4n) is 10.0. The summed E-state index contributed by atoms with van der Waals surface area (Å²) in [7, 11) is 0. The first-order chi connectivity index (χ1) is 38.3. The van der Waals surface area contributed by atoms with E-state index >= 15 is 0 Å². The van der Waals surface area contributed by atoms with Crippen molar-refractivity contribution < 1.29 is 90.9 Å². The fraction of sp³-hybridized carbons (Fsp3) is 0.259. The number of ether oxygens (including phenoxy) is 3. The van der Waals surface area contributed by atoms with Gasteiger partial charge in [-0.15, -0.1) is 0 Å². The average Bonchev–Trinajstić information content (AvgIpc) is 4.36. The van der Waals surface area contributed by atoms with Gasteiger partial charge in [-0.2, -0.15) is 57.4 Å². The van der Waals surface area contributed by atoms with Gasteiger partial charge in [-0.05, 0) is 64.7 Å². The number of rotatable bonds is 12. The largest absolute Gasteiger partial charge is 0.493 e. The first-order valence-electron chi connectivity index (χ1n) is 24.5. The number of carbonyl (C=O) groups excluding carboxylic acids is 4. The van der Waals surface area contributed by atoms with Gasteiger partial charge in [-0.25, -0.2) is 19.2 Å². The number of benzene rings is 5. The van der Waals surface area contributed by atoms with Gasteiger partial charge in [0.15, 0.2) is 11.5 Å². The van der Waals surface area contributed by atoms with Gasteiger partial charge >= 0.3 is 48.6 Å². The van der Waals surface area contributed by atoms with Crippen LogP contribution in [0.5, 0.6) is 17.2 Å². The van der Waals surface area contributed by atoms with Gasteiger partial charge in [0.1, 0.15) is 0 Å². The number of aromatic amines is 2. The van der Waals surface area contributed by atoms with Crippen LogP contribution in [0.3, 0.4) is 0 Å². The van der Waals surface area contributed by atoms with Crippen LogP contribution in [-0.4, -0.2) is 125 Å². The zero-order valence-corrected chi connectivity index (χ0v) is 41.6. The molecule has 0 spiro atoms. The Balaban J connectivity index is 1.19. The monoisotopic (exact) mass is 1140 g/mol. The molecule has 5 aromatic carbocycles. The number of fused-ring (bicyclic) bond motifs is 3. The van der Waals surface area contributed by atoms with E-state index in [1.807, 2.05) is 52.3 Å². The third-order valence-electron chi connectivity index (χ3n) is 13.7. The van der Waals surface area contributed by atoms with Crippen LogP contribution in [0.4, 0.5) is 64.1 Å². The molecule has 3 aromatic heterocycles. The first-order valence-corrected chi connectivity index (χ1v) is 24.5. The number of halogens is 12.